The molecule has 0 spiro atoms. The predicted octanol–water partition coefficient (Wildman–Crippen LogP) is 1.46. The van der Waals surface area contributed by atoms with Crippen LogP contribution in [0.5, 0.6) is 0 Å². The third-order valence-corrected chi connectivity index (χ3v) is 4.43. The second-order valence-corrected chi connectivity index (χ2v) is 6.33. The van der Waals surface area contributed by atoms with E-state index < -0.39 is 16.0 Å². The van der Waals surface area contributed by atoms with E-state index >= 15 is 0 Å². The highest BCUT2D eigenvalue weighted by Crippen LogP contribution is 2.31. The molecule has 2 rings (SSSR count). The maximum atomic E-state index is 11.8. The molecule has 0 aliphatic heterocycles. The lowest BCUT2D eigenvalue weighted by molar-refractivity contribution is -0.138. The summed E-state index contributed by atoms with van der Waals surface area (Å²) in [6.07, 6.45) is 1.13. The Morgan fingerprint density at radius 2 is 2.17 bits per heavy atom. The van der Waals surface area contributed by atoms with Crippen molar-refractivity contribution in [1.82, 2.24) is 4.72 Å². The summed E-state index contributed by atoms with van der Waals surface area (Å²) in [7, 11) is -3.70. The topological polar surface area (TPSA) is 96.6 Å². The molecule has 1 saturated carbocycles. The Bertz CT molecular complexity index is 546. The number of sulfonamides is 1. The number of carboxylic acid groups (broad SMARTS) is 1. The van der Waals surface area contributed by atoms with E-state index in [1.807, 2.05) is 0 Å². The molecule has 6 nitrogen and oxygen atoms in total. The molecule has 1 heterocycles. The average molecular weight is 294 g/mol. The first kappa shape index (κ1) is 13.4. The summed E-state index contributed by atoms with van der Waals surface area (Å²) < 4.78 is 30.9. The molecule has 1 fully saturated rings. The van der Waals surface area contributed by atoms with Gasteiger partial charge in [0.25, 0.3) is 10.0 Å². The fraction of sp³-hybridized carbons (Fsp3) is 0.500. The first-order valence-electron chi connectivity index (χ1n) is 5.36. The van der Waals surface area contributed by atoms with E-state index in [9.17, 15) is 13.2 Å². The average Bonchev–Trinajstić information content (AvgIpc) is 2.61. The fourth-order valence-electron chi connectivity index (χ4n) is 1.97. The van der Waals surface area contributed by atoms with Crippen LogP contribution < -0.4 is 4.72 Å². The van der Waals surface area contributed by atoms with Crippen LogP contribution in [-0.4, -0.2) is 25.5 Å². The molecular weight excluding hydrogens is 282 g/mol. The van der Waals surface area contributed by atoms with Crippen LogP contribution in [0.15, 0.2) is 21.6 Å². The summed E-state index contributed by atoms with van der Waals surface area (Å²) in [5.41, 5.74) is 0. The van der Waals surface area contributed by atoms with Gasteiger partial charge in [0.2, 0.25) is 5.09 Å². The van der Waals surface area contributed by atoms with Crippen LogP contribution in [0.4, 0.5) is 0 Å². The molecule has 0 radical (unpaired) electrons. The summed E-state index contributed by atoms with van der Waals surface area (Å²) in [6, 6.07) is 2.39. The zero-order valence-corrected chi connectivity index (χ0v) is 10.9. The van der Waals surface area contributed by atoms with Crippen molar-refractivity contribution in [2.75, 3.05) is 0 Å². The van der Waals surface area contributed by atoms with E-state index in [0.29, 0.717) is 12.8 Å². The number of nitrogens with one attached hydrogen (secondary N) is 1. The van der Waals surface area contributed by atoms with Gasteiger partial charge in [-0.3, -0.25) is 4.79 Å². The number of halogens is 1. The van der Waals surface area contributed by atoms with Gasteiger partial charge < -0.3 is 9.52 Å². The van der Waals surface area contributed by atoms with Crippen LogP contribution in [0.3, 0.4) is 0 Å². The van der Waals surface area contributed by atoms with Gasteiger partial charge in [-0.2, -0.15) is 0 Å². The Hall–Kier alpha value is -1.05. The van der Waals surface area contributed by atoms with Gasteiger partial charge in [0.05, 0.1) is 0 Å². The van der Waals surface area contributed by atoms with Gasteiger partial charge in [-0.1, -0.05) is 0 Å². The second kappa shape index (κ2) is 4.91. The van der Waals surface area contributed by atoms with Gasteiger partial charge in [0, 0.05) is 12.5 Å². The maximum absolute atomic E-state index is 11.8. The number of furan rings is 1. The van der Waals surface area contributed by atoms with Crippen LogP contribution in [0.25, 0.3) is 0 Å². The minimum atomic E-state index is -3.70. The third kappa shape index (κ3) is 3.04. The molecule has 0 unspecified atom stereocenters. The first-order chi connectivity index (χ1) is 8.37. The molecule has 0 atom stereocenters. The van der Waals surface area contributed by atoms with Crippen LogP contribution in [-0.2, 0) is 14.8 Å². The number of hydrogen-bond donors (Lipinski definition) is 2. The van der Waals surface area contributed by atoms with E-state index in [-0.39, 0.29) is 28.7 Å². The maximum Gasteiger partial charge on any atom is 0.303 e. The van der Waals surface area contributed by atoms with Gasteiger partial charge in [-0.15, -0.1) is 0 Å². The van der Waals surface area contributed by atoms with Gasteiger partial charge in [0.1, 0.15) is 0 Å². The van der Waals surface area contributed by atoms with Crippen molar-refractivity contribution in [3.05, 3.63) is 17.4 Å². The van der Waals surface area contributed by atoms with Crippen molar-refractivity contribution in [1.29, 1.82) is 0 Å². The van der Waals surface area contributed by atoms with Gasteiger partial charge in [0.15, 0.2) is 5.22 Å². The molecule has 1 aromatic heterocycles. The molecule has 100 valence electrons. The molecule has 8 heteroatoms. The lowest BCUT2D eigenvalue weighted by Crippen LogP contribution is -2.44. The van der Waals surface area contributed by atoms with Crippen molar-refractivity contribution in [2.45, 2.75) is 30.4 Å². The number of rotatable bonds is 5. The zero-order chi connectivity index (χ0) is 13.3. The Kier molecular flexibility index (Phi) is 3.65. The fourth-order valence-corrected chi connectivity index (χ4v) is 3.35. The Balaban J connectivity index is 1.90. The highest BCUT2D eigenvalue weighted by molar-refractivity contribution is 7.89. The van der Waals surface area contributed by atoms with Gasteiger partial charge in [-0.25, -0.2) is 13.1 Å². The molecule has 18 heavy (non-hydrogen) atoms. The van der Waals surface area contributed by atoms with Crippen molar-refractivity contribution >= 4 is 27.6 Å². The lowest BCUT2D eigenvalue weighted by Gasteiger charge is -2.34. The first-order valence-corrected chi connectivity index (χ1v) is 7.22. The van der Waals surface area contributed by atoms with Crippen molar-refractivity contribution in [3.8, 4) is 0 Å². The van der Waals surface area contributed by atoms with Crippen LogP contribution in [0.1, 0.15) is 19.3 Å². The molecule has 2 N–H and O–H groups in total. The summed E-state index contributed by atoms with van der Waals surface area (Å²) in [6.45, 7) is 0. The van der Waals surface area contributed by atoms with Crippen molar-refractivity contribution in [2.24, 2.45) is 5.92 Å². The van der Waals surface area contributed by atoms with E-state index in [4.69, 9.17) is 21.1 Å². The van der Waals surface area contributed by atoms with Crippen LogP contribution >= 0.6 is 11.6 Å². The normalized spacial score (nSPS) is 23.6. The molecule has 0 aromatic carbocycles. The van der Waals surface area contributed by atoms with Crippen molar-refractivity contribution in [3.63, 3.8) is 0 Å². The molecule has 1 aromatic rings. The number of aliphatic carboxylic acids is 1. The monoisotopic (exact) mass is 293 g/mol. The largest absolute Gasteiger partial charge is 0.481 e. The smallest absolute Gasteiger partial charge is 0.303 e. The number of hydrogen-bond acceptors (Lipinski definition) is 4. The van der Waals surface area contributed by atoms with Crippen LogP contribution in [0.2, 0.25) is 5.22 Å². The standard InChI is InChI=1S/C10H12ClNO5S/c11-8-1-2-10(17-8)18(15,16)12-7-3-6(4-7)5-9(13)14/h1-2,6-7,12H,3-5H2,(H,13,14). The third-order valence-electron chi connectivity index (χ3n) is 2.83. The number of carbonyl (C=O) groups is 1. The van der Waals surface area contributed by atoms with Crippen molar-refractivity contribution < 1.29 is 22.7 Å². The Morgan fingerprint density at radius 3 is 2.67 bits per heavy atom. The summed E-state index contributed by atoms with van der Waals surface area (Å²) in [4.78, 5) is 10.5. The van der Waals surface area contributed by atoms with E-state index in [2.05, 4.69) is 4.72 Å². The minimum Gasteiger partial charge on any atom is -0.481 e. The molecular formula is C10H12ClNO5S. The summed E-state index contributed by atoms with van der Waals surface area (Å²) >= 11 is 5.51. The Labute approximate surface area is 109 Å². The van der Waals surface area contributed by atoms with E-state index in [1.54, 1.807) is 0 Å². The minimum absolute atomic E-state index is 0.00716. The molecule has 1 aliphatic rings. The summed E-state index contributed by atoms with van der Waals surface area (Å²) in [5, 5.41) is 8.36. The quantitative estimate of drug-likeness (QED) is 0.857. The lowest BCUT2D eigenvalue weighted by atomic mass is 9.79. The highest BCUT2D eigenvalue weighted by atomic mass is 35.5. The van der Waals surface area contributed by atoms with Gasteiger partial charge >= 0.3 is 5.97 Å². The van der Waals surface area contributed by atoms with Gasteiger partial charge in [-0.05, 0) is 42.5 Å². The molecule has 0 bridgehead atoms. The zero-order valence-electron chi connectivity index (χ0n) is 9.30. The van der Waals surface area contributed by atoms with Crippen LogP contribution in [0, 0.1) is 5.92 Å². The van der Waals surface area contributed by atoms with E-state index in [0.717, 1.165) is 0 Å². The molecule has 1 aliphatic carbocycles. The number of carboxylic acids is 1. The highest BCUT2D eigenvalue weighted by Gasteiger charge is 2.34. The summed E-state index contributed by atoms with van der Waals surface area (Å²) in [5.74, 6) is -0.825. The SMILES string of the molecule is O=C(O)CC1CC(NS(=O)(=O)c2ccc(Cl)o2)C1. The molecule has 0 amide bonds. The predicted molar refractivity (Wildman–Crippen MR) is 62.8 cm³/mol. The van der Waals surface area contributed by atoms with E-state index in [1.165, 1.54) is 12.1 Å². The molecule has 0 saturated heterocycles. The Morgan fingerprint density at radius 1 is 1.50 bits per heavy atom. The second-order valence-electron chi connectivity index (χ2n) is 4.31.